The second-order valence-corrected chi connectivity index (χ2v) is 9.95. The lowest BCUT2D eigenvalue weighted by Crippen LogP contribution is -2.42. The van der Waals surface area contributed by atoms with Gasteiger partial charge in [0.1, 0.15) is 0 Å². The molecule has 8 heteroatoms. The van der Waals surface area contributed by atoms with Gasteiger partial charge in [0.2, 0.25) is 10.0 Å². The van der Waals surface area contributed by atoms with E-state index in [1.54, 1.807) is 21.0 Å². The first-order chi connectivity index (χ1) is 13.4. The van der Waals surface area contributed by atoms with Crippen LogP contribution in [0, 0.1) is 33.6 Å². The molecule has 1 fully saturated rings. The molecule has 1 aliphatic rings. The van der Waals surface area contributed by atoms with Crippen molar-refractivity contribution in [3.8, 4) is 0 Å². The summed E-state index contributed by atoms with van der Waals surface area (Å²) in [5, 5.41) is 0. The molecule has 1 atom stereocenters. The third kappa shape index (κ3) is 4.80. The van der Waals surface area contributed by atoms with Gasteiger partial charge >= 0.3 is 5.97 Å². The van der Waals surface area contributed by atoms with Crippen molar-refractivity contribution in [2.24, 2.45) is 5.92 Å². The summed E-state index contributed by atoms with van der Waals surface area (Å²) in [6.07, 6.45) is -0.0898. The lowest BCUT2D eigenvalue weighted by atomic mass is 9.98. The number of rotatable bonds is 5. The molecule has 7 nitrogen and oxygen atoms in total. The average molecular weight is 425 g/mol. The number of ether oxygens (including phenoxy) is 1. The molecule has 0 bridgehead atoms. The Morgan fingerprint density at radius 2 is 1.55 bits per heavy atom. The van der Waals surface area contributed by atoms with Crippen molar-refractivity contribution in [1.82, 2.24) is 9.21 Å². The van der Waals surface area contributed by atoms with Gasteiger partial charge in [0.25, 0.3) is 5.91 Å². The second kappa shape index (κ2) is 8.83. The van der Waals surface area contributed by atoms with E-state index >= 15 is 0 Å². The molecular weight excluding hydrogens is 392 g/mol. The van der Waals surface area contributed by atoms with Crippen LogP contribution >= 0.6 is 0 Å². The molecule has 0 spiro atoms. The Balaban J connectivity index is 2.11. The van der Waals surface area contributed by atoms with E-state index in [0.717, 1.165) is 22.3 Å². The lowest BCUT2D eigenvalue weighted by Gasteiger charge is -2.32. The maximum Gasteiger partial charge on any atom is 0.309 e. The number of piperidine rings is 1. The van der Waals surface area contributed by atoms with Crippen molar-refractivity contribution in [3.63, 3.8) is 0 Å². The molecule has 0 radical (unpaired) electrons. The molecular formula is C21H32N2O5S. The number of esters is 1. The summed E-state index contributed by atoms with van der Waals surface area (Å²) < 4.78 is 33.4. The van der Waals surface area contributed by atoms with E-state index in [1.807, 2.05) is 33.8 Å². The second-order valence-electron chi connectivity index (χ2n) is 8.08. The van der Waals surface area contributed by atoms with Crippen LogP contribution in [0.25, 0.3) is 0 Å². The van der Waals surface area contributed by atoms with E-state index in [1.165, 1.54) is 9.21 Å². The van der Waals surface area contributed by atoms with Gasteiger partial charge in [-0.25, -0.2) is 8.42 Å². The number of aryl methyl sites for hydroxylation is 2. The molecule has 1 amide bonds. The van der Waals surface area contributed by atoms with Crippen molar-refractivity contribution >= 4 is 21.9 Å². The minimum Gasteiger partial charge on any atom is -0.452 e. The number of benzene rings is 1. The predicted molar refractivity (Wildman–Crippen MR) is 111 cm³/mol. The number of sulfonamides is 1. The molecule has 0 N–H and O–H groups in total. The number of carbonyl (C=O) groups excluding carboxylic acids is 2. The summed E-state index contributed by atoms with van der Waals surface area (Å²) in [5.41, 5.74) is 3.44. The summed E-state index contributed by atoms with van der Waals surface area (Å²) in [7, 11) is -0.436. The normalized spacial score (nSPS) is 17.1. The zero-order valence-electron chi connectivity index (χ0n) is 18.4. The van der Waals surface area contributed by atoms with Crippen molar-refractivity contribution in [2.45, 2.75) is 58.5 Å². The van der Waals surface area contributed by atoms with Crippen molar-refractivity contribution < 1.29 is 22.7 Å². The van der Waals surface area contributed by atoms with Gasteiger partial charge in [0, 0.05) is 27.2 Å². The molecule has 1 aromatic rings. The first-order valence-electron chi connectivity index (χ1n) is 9.87. The van der Waals surface area contributed by atoms with Gasteiger partial charge in [-0.3, -0.25) is 9.59 Å². The predicted octanol–water partition coefficient (Wildman–Crippen LogP) is 2.34. The quantitative estimate of drug-likeness (QED) is 0.678. The summed E-state index contributed by atoms with van der Waals surface area (Å²) in [5.74, 6) is -1.12. The highest BCUT2D eigenvalue weighted by Gasteiger charge is 2.35. The van der Waals surface area contributed by atoms with Gasteiger partial charge in [-0.05, 0) is 69.7 Å². The van der Waals surface area contributed by atoms with E-state index in [4.69, 9.17) is 4.74 Å². The van der Waals surface area contributed by atoms with Crippen LogP contribution in [0.1, 0.15) is 42.0 Å². The zero-order valence-corrected chi connectivity index (χ0v) is 19.2. The number of hydrogen-bond donors (Lipinski definition) is 0. The molecule has 1 aliphatic heterocycles. The molecule has 0 saturated carbocycles. The first kappa shape index (κ1) is 23.3. The van der Waals surface area contributed by atoms with Gasteiger partial charge in [-0.15, -0.1) is 0 Å². The highest BCUT2D eigenvalue weighted by molar-refractivity contribution is 7.89. The van der Waals surface area contributed by atoms with Gasteiger partial charge in [-0.2, -0.15) is 4.31 Å². The maximum atomic E-state index is 13.3. The Kier molecular flexibility index (Phi) is 7.11. The third-order valence-corrected chi connectivity index (χ3v) is 7.94. The largest absolute Gasteiger partial charge is 0.452 e. The van der Waals surface area contributed by atoms with Gasteiger partial charge in [0.05, 0.1) is 10.8 Å². The molecule has 2 rings (SSSR count). The summed E-state index contributed by atoms with van der Waals surface area (Å²) in [6.45, 7) is 9.56. The Bertz CT molecular complexity index is 874. The van der Waals surface area contributed by atoms with E-state index in [2.05, 4.69) is 0 Å². The van der Waals surface area contributed by atoms with Gasteiger partial charge in [0.15, 0.2) is 6.10 Å². The van der Waals surface area contributed by atoms with E-state index in [0.29, 0.717) is 17.7 Å². The Hall–Kier alpha value is -1.93. The summed E-state index contributed by atoms with van der Waals surface area (Å²) in [4.78, 5) is 26.0. The number of amides is 1. The van der Waals surface area contributed by atoms with Crippen LogP contribution < -0.4 is 0 Å². The van der Waals surface area contributed by atoms with Crippen LogP contribution in [0.15, 0.2) is 11.0 Å². The molecule has 1 saturated heterocycles. The monoisotopic (exact) mass is 424 g/mol. The van der Waals surface area contributed by atoms with Crippen LogP contribution in [0.4, 0.5) is 0 Å². The topological polar surface area (TPSA) is 84.0 Å². The minimum atomic E-state index is -3.64. The molecule has 0 aliphatic carbocycles. The molecule has 1 heterocycles. The van der Waals surface area contributed by atoms with Crippen molar-refractivity contribution in [2.75, 3.05) is 27.2 Å². The summed E-state index contributed by atoms with van der Waals surface area (Å²) >= 11 is 0. The molecule has 162 valence electrons. The van der Waals surface area contributed by atoms with E-state index < -0.39 is 28.0 Å². The van der Waals surface area contributed by atoms with Crippen LogP contribution in [0.3, 0.4) is 0 Å². The molecule has 0 unspecified atom stereocenters. The molecule has 0 aromatic heterocycles. The average Bonchev–Trinajstić information content (AvgIpc) is 2.65. The number of hydrogen-bond acceptors (Lipinski definition) is 5. The van der Waals surface area contributed by atoms with Crippen LogP contribution in [0.2, 0.25) is 0 Å². The fourth-order valence-electron chi connectivity index (χ4n) is 3.71. The Morgan fingerprint density at radius 3 is 2.00 bits per heavy atom. The van der Waals surface area contributed by atoms with Crippen molar-refractivity contribution in [1.29, 1.82) is 0 Å². The maximum absolute atomic E-state index is 13.3. The minimum absolute atomic E-state index is 0.254. The van der Waals surface area contributed by atoms with E-state index in [9.17, 15) is 18.0 Å². The van der Waals surface area contributed by atoms with Crippen LogP contribution in [-0.4, -0.2) is 62.8 Å². The SMILES string of the molecule is Cc1cc(C)c(C)c(S(=O)(=O)N2CCC(C(=O)O[C@@H](C)C(=O)N(C)C)CC2)c1C. The van der Waals surface area contributed by atoms with Gasteiger partial charge < -0.3 is 9.64 Å². The van der Waals surface area contributed by atoms with E-state index in [-0.39, 0.29) is 19.0 Å². The highest BCUT2D eigenvalue weighted by Crippen LogP contribution is 2.31. The number of carbonyl (C=O) groups is 2. The molecule has 1 aromatic carbocycles. The first-order valence-corrected chi connectivity index (χ1v) is 11.3. The lowest BCUT2D eigenvalue weighted by molar-refractivity contribution is -0.162. The highest BCUT2D eigenvalue weighted by atomic mass is 32.2. The number of likely N-dealkylation sites (N-methyl/N-ethyl adjacent to an activating group) is 1. The third-order valence-electron chi connectivity index (χ3n) is 5.76. The Morgan fingerprint density at radius 1 is 1.07 bits per heavy atom. The van der Waals surface area contributed by atoms with Crippen LogP contribution in [-0.2, 0) is 24.3 Å². The van der Waals surface area contributed by atoms with Gasteiger partial charge in [-0.1, -0.05) is 6.07 Å². The zero-order chi connectivity index (χ0) is 22.1. The number of nitrogens with zero attached hydrogens (tertiary/aromatic N) is 2. The smallest absolute Gasteiger partial charge is 0.309 e. The summed E-state index contributed by atoms with van der Waals surface area (Å²) in [6, 6.07) is 2.00. The fraction of sp³-hybridized carbons (Fsp3) is 0.619. The standard InChI is InChI=1S/C21H32N2O5S/c1-13-12-14(2)16(4)19(15(13)3)29(26,27)23-10-8-18(9-11-23)21(25)28-17(5)20(24)22(6)7/h12,17-18H,8-11H2,1-7H3/t17-/m0/s1. The van der Waals surface area contributed by atoms with Crippen LogP contribution in [0.5, 0.6) is 0 Å². The van der Waals surface area contributed by atoms with Crippen molar-refractivity contribution in [3.05, 3.63) is 28.3 Å². The Labute approximate surface area is 174 Å². The fourth-order valence-corrected chi connectivity index (χ4v) is 5.76. The molecule has 29 heavy (non-hydrogen) atoms.